The maximum atomic E-state index is 9.57. The molecule has 37 valence electrons. The van der Waals surface area contributed by atoms with Crippen molar-refractivity contribution in [3.8, 4) is 0 Å². The van der Waals surface area contributed by atoms with E-state index < -0.39 is 11.3 Å². The van der Waals surface area contributed by atoms with Gasteiger partial charge in [-0.1, -0.05) is 0 Å². The fourth-order valence-electron chi connectivity index (χ4n) is 0. The number of hydrogen-bond acceptors (Lipinski definition) is 1. The quantitative estimate of drug-likeness (QED) is 0.411. The summed E-state index contributed by atoms with van der Waals surface area (Å²) in [5.74, 6) is -0.975. The molecule has 2 nitrogen and oxygen atoms in total. The standard InChI is InChI=1S/C3H5ClO2.Na/c1-2(4)3(5)6;/h2H,1H3,(H,5,6);. The van der Waals surface area contributed by atoms with Gasteiger partial charge in [0.1, 0.15) is 5.38 Å². The number of carbonyl (C=O) groups is 1. The van der Waals surface area contributed by atoms with Crippen molar-refractivity contribution in [1.82, 2.24) is 0 Å². The number of aliphatic carboxylic acids is 1. The first-order chi connectivity index (χ1) is 2.64. The molecule has 0 spiro atoms. The fraction of sp³-hybridized carbons (Fsp3) is 0.667. The van der Waals surface area contributed by atoms with Crippen LogP contribution >= 0.6 is 11.6 Å². The van der Waals surface area contributed by atoms with E-state index in [0.29, 0.717) is 0 Å². The van der Waals surface area contributed by atoms with E-state index in [1.54, 1.807) is 0 Å². The summed E-state index contributed by atoms with van der Waals surface area (Å²) in [6.07, 6.45) is 0. The second-order valence-electron chi connectivity index (χ2n) is 0.954. The molecule has 0 aromatic carbocycles. The molecule has 0 heterocycles. The van der Waals surface area contributed by atoms with Crippen molar-refractivity contribution in [2.45, 2.75) is 12.3 Å². The van der Waals surface area contributed by atoms with E-state index in [0.717, 1.165) is 0 Å². The van der Waals surface area contributed by atoms with Crippen LogP contribution in [0.15, 0.2) is 0 Å². The van der Waals surface area contributed by atoms with Crippen LogP contribution in [0.3, 0.4) is 0 Å². The molecule has 0 aliphatic heterocycles. The predicted octanol–water partition coefficient (Wildman–Crippen LogP) is 0.318. The van der Waals surface area contributed by atoms with E-state index in [1.807, 2.05) is 0 Å². The van der Waals surface area contributed by atoms with Crippen molar-refractivity contribution in [3.05, 3.63) is 0 Å². The third-order valence-electron chi connectivity index (χ3n) is 0.340. The van der Waals surface area contributed by atoms with Crippen LogP contribution in [0, 0.1) is 0 Å². The number of carboxylic acid groups (broad SMARTS) is 1. The van der Waals surface area contributed by atoms with Crippen LogP contribution in [0.4, 0.5) is 0 Å². The molecule has 0 saturated heterocycles. The Bertz CT molecular complexity index is 64.0. The summed E-state index contributed by atoms with van der Waals surface area (Å²) in [7, 11) is 0. The van der Waals surface area contributed by atoms with Gasteiger partial charge in [0.2, 0.25) is 0 Å². The average Bonchev–Trinajstić information content (AvgIpc) is 1.36. The number of alkyl halides is 1. The Morgan fingerprint density at radius 3 is 2.00 bits per heavy atom. The molecule has 4 heteroatoms. The molecule has 7 heavy (non-hydrogen) atoms. The van der Waals surface area contributed by atoms with Gasteiger partial charge in [-0.15, -0.1) is 11.6 Å². The molecule has 1 atom stereocenters. The molecule has 0 aliphatic rings. The molecule has 0 aromatic heterocycles. The summed E-state index contributed by atoms with van der Waals surface area (Å²) in [5.41, 5.74) is 0. The average molecular weight is 132 g/mol. The van der Waals surface area contributed by atoms with E-state index in [9.17, 15) is 4.79 Å². The number of rotatable bonds is 1. The second kappa shape index (κ2) is 4.91. The summed E-state index contributed by atoms with van der Waals surface area (Å²) in [5, 5.41) is 7.10. The van der Waals surface area contributed by atoms with Crippen molar-refractivity contribution < 1.29 is 9.90 Å². The Morgan fingerprint density at radius 2 is 2.00 bits per heavy atom. The van der Waals surface area contributed by atoms with Crippen molar-refractivity contribution in [2.75, 3.05) is 0 Å². The van der Waals surface area contributed by atoms with Gasteiger partial charge in [-0.25, -0.2) is 0 Å². The molecule has 0 rings (SSSR count). The van der Waals surface area contributed by atoms with E-state index in [2.05, 4.69) is 0 Å². The van der Waals surface area contributed by atoms with Crippen LogP contribution in [0.1, 0.15) is 6.92 Å². The summed E-state index contributed by atoms with van der Waals surface area (Å²) in [6, 6.07) is 0. The Balaban J connectivity index is 0. The first-order valence-corrected chi connectivity index (χ1v) is 1.95. The molecule has 0 bridgehead atoms. The molecular formula is C3H5ClNaO2. The van der Waals surface area contributed by atoms with E-state index >= 15 is 0 Å². The summed E-state index contributed by atoms with van der Waals surface area (Å²) in [6.45, 7) is 1.41. The van der Waals surface area contributed by atoms with Crippen molar-refractivity contribution in [1.29, 1.82) is 0 Å². The maximum absolute atomic E-state index is 9.57. The smallest absolute Gasteiger partial charge is 0.321 e. The van der Waals surface area contributed by atoms with E-state index in [4.69, 9.17) is 16.7 Å². The Hall–Kier alpha value is 0.760. The summed E-state index contributed by atoms with van der Waals surface area (Å²) in [4.78, 5) is 9.57. The Kier molecular flexibility index (Phi) is 7.49. The molecule has 0 saturated carbocycles. The van der Waals surface area contributed by atoms with Crippen LogP contribution in [0.25, 0.3) is 0 Å². The van der Waals surface area contributed by atoms with Crippen LogP contribution in [-0.4, -0.2) is 46.0 Å². The monoisotopic (exact) mass is 131 g/mol. The first-order valence-electron chi connectivity index (χ1n) is 1.51. The minimum Gasteiger partial charge on any atom is -0.480 e. The van der Waals surface area contributed by atoms with Gasteiger partial charge in [-0.2, -0.15) is 0 Å². The van der Waals surface area contributed by atoms with Gasteiger partial charge in [0.05, 0.1) is 0 Å². The van der Waals surface area contributed by atoms with Crippen LogP contribution in [-0.2, 0) is 4.79 Å². The van der Waals surface area contributed by atoms with Gasteiger partial charge in [0, 0.05) is 29.6 Å². The largest absolute Gasteiger partial charge is 0.480 e. The zero-order chi connectivity index (χ0) is 5.15. The van der Waals surface area contributed by atoms with Crippen molar-refractivity contribution >= 4 is 47.1 Å². The van der Waals surface area contributed by atoms with Gasteiger partial charge in [0.25, 0.3) is 0 Å². The Labute approximate surface area is 69.1 Å². The summed E-state index contributed by atoms with van der Waals surface area (Å²) < 4.78 is 0. The van der Waals surface area contributed by atoms with Crippen LogP contribution in [0.2, 0.25) is 0 Å². The molecule has 1 radical (unpaired) electrons. The molecule has 0 aliphatic carbocycles. The topological polar surface area (TPSA) is 37.3 Å². The number of hydrogen-bond donors (Lipinski definition) is 1. The van der Waals surface area contributed by atoms with Gasteiger partial charge in [-0.3, -0.25) is 4.79 Å². The number of halogens is 1. The normalized spacial score (nSPS) is 11.7. The van der Waals surface area contributed by atoms with E-state index in [-0.39, 0.29) is 29.6 Å². The minimum absolute atomic E-state index is 0. The minimum atomic E-state index is -0.975. The third kappa shape index (κ3) is 6.76. The third-order valence-corrected chi connectivity index (χ3v) is 0.527. The Morgan fingerprint density at radius 1 is 1.86 bits per heavy atom. The van der Waals surface area contributed by atoms with Gasteiger partial charge in [-0.05, 0) is 6.92 Å². The fourth-order valence-corrected chi connectivity index (χ4v) is 0. The van der Waals surface area contributed by atoms with E-state index in [1.165, 1.54) is 6.92 Å². The molecule has 1 N–H and O–H groups in total. The van der Waals surface area contributed by atoms with Crippen molar-refractivity contribution in [3.63, 3.8) is 0 Å². The first kappa shape index (κ1) is 10.7. The molecule has 0 amide bonds. The predicted molar refractivity (Wildman–Crippen MR) is 28.7 cm³/mol. The SMILES string of the molecule is CC(Cl)C(=O)O.[Na]. The maximum Gasteiger partial charge on any atom is 0.321 e. The zero-order valence-electron chi connectivity index (χ0n) is 4.31. The second-order valence-corrected chi connectivity index (χ2v) is 1.61. The molecule has 0 aromatic rings. The molecule has 0 fully saturated rings. The van der Waals surface area contributed by atoms with Crippen LogP contribution in [0.5, 0.6) is 0 Å². The number of carboxylic acids is 1. The van der Waals surface area contributed by atoms with Gasteiger partial charge in [0.15, 0.2) is 0 Å². The zero-order valence-corrected chi connectivity index (χ0v) is 7.07. The molecule has 1 unspecified atom stereocenters. The van der Waals surface area contributed by atoms with Gasteiger partial charge < -0.3 is 5.11 Å². The van der Waals surface area contributed by atoms with Crippen LogP contribution < -0.4 is 0 Å². The van der Waals surface area contributed by atoms with Gasteiger partial charge >= 0.3 is 5.97 Å². The molecular weight excluding hydrogens is 126 g/mol. The summed E-state index contributed by atoms with van der Waals surface area (Å²) >= 11 is 5.01. The van der Waals surface area contributed by atoms with Crippen molar-refractivity contribution in [2.24, 2.45) is 0 Å².